The van der Waals surface area contributed by atoms with Crippen LogP contribution >= 0.6 is 0 Å². The Morgan fingerprint density at radius 1 is 1.04 bits per heavy atom. The highest BCUT2D eigenvalue weighted by atomic mass is 19.3. The first-order chi connectivity index (χ1) is 13.3. The van der Waals surface area contributed by atoms with Crippen molar-refractivity contribution in [3.05, 3.63) is 59.7 Å². The van der Waals surface area contributed by atoms with Gasteiger partial charge in [-0.05, 0) is 31.2 Å². The maximum Gasteiger partial charge on any atom is 0.387 e. The van der Waals surface area contributed by atoms with Gasteiger partial charge in [-0.25, -0.2) is 0 Å². The first kappa shape index (κ1) is 20.8. The molecule has 0 unspecified atom stereocenters. The van der Waals surface area contributed by atoms with Crippen molar-refractivity contribution in [2.24, 2.45) is 0 Å². The normalized spacial score (nSPS) is 10.3. The molecule has 28 heavy (non-hydrogen) atoms. The number of aryl methyl sites for hydroxylation is 1. The molecule has 0 bridgehead atoms. The van der Waals surface area contributed by atoms with Crippen molar-refractivity contribution >= 4 is 23.5 Å². The van der Waals surface area contributed by atoms with Crippen LogP contribution < -0.4 is 15.4 Å². The van der Waals surface area contributed by atoms with E-state index >= 15 is 0 Å². The zero-order chi connectivity index (χ0) is 20.5. The number of rotatable bonds is 8. The first-order valence-corrected chi connectivity index (χ1v) is 8.19. The van der Waals surface area contributed by atoms with E-state index in [9.17, 15) is 23.2 Å². The van der Waals surface area contributed by atoms with Gasteiger partial charge in [0.15, 0.2) is 6.61 Å². The van der Waals surface area contributed by atoms with Gasteiger partial charge in [0, 0.05) is 5.56 Å². The molecule has 0 heterocycles. The summed E-state index contributed by atoms with van der Waals surface area (Å²) in [4.78, 5) is 35.4. The van der Waals surface area contributed by atoms with Crippen molar-refractivity contribution < 1.29 is 32.6 Å². The number of benzene rings is 2. The summed E-state index contributed by atoms with van der Waals surface area (Å²) >= 11 is 0. The molecule has 2 aromatic rings. The molecule has 0 aliphatic carbocycles. The summed E-state index contributed by atoms with van der Waals surface area (Å²) < 4.78 is 33.7. The lowest BCUT2D eigenvalue weighted by Crippen LogP contribution is -2.32. The van der Waals surface area contributed by atoms with Gasteiger partial charge >= 0.3 is 12.6 Å². The number of carbonyl (C=O) groups is 3. The maximum atomic E-state index is 12.3. The van der Waals surface area contributed by atoms with Crippen LogP contribution in [0, 0.1) is 6.92 Å². The number of esters is 1. The van der Waals surface area contributed by atoms with Crippen LogP contribution in [0.3, 0.4) is 0 Å². The first-order valence-electron chi connectivity index (χ1n) is 8.19. The average Bonchev–Trinajstić information content (AvgIpc) is 2.66. The second kappa shape index (κ2) is 10.0. The van der Waals surface area contributed by atoms with E-state index in [4.69, 9.17) is 4.74 Å². The molecule has 9 heteroatoms. The van der Waals surface area contributed by atoms with Gasteiger partial charge in [-0.1, -0.05) is 29.8 Å². The van der Waals surface area contributed by atoms with E-state index in [-0.39, 0.29) is 11.4 Å². The topological polar surface area (TPSA) is 93.7 Å². The Morgan fingerprint density at radius 2 is 1.71 bits per heavy atom. The Hall–Kier alpha value is -3.49. The molecule has 2 N–H and O–H groups in total. The highest BCUT2D eigenvalue weighted by Crippen LogP contribution is 2.25. The molecule has 148 valence electrons. The number of hydrogen-bond donors (Lipinski definition) is 2. The minimum atomic E-state index is -3.05. The third-order valence-corrected chi connectivity index (χ3v) is 3.45. The van der Waals surface area contributed by atoms with Crippen LogP contribution in [0.15, 0.2) is 48.5 Å². The number of hydrogen-bond acceptors (Lipinski definition) is 5. The minimum absolute atomic E-state index is 0.0107. The quantitative estimate of drug-likeness (QED) is 0.674. The van der Waals surface area contributed by atoms with Crippen LogP contribution in [-0.2, 0) is 14.3 Å². The number of amides is 2. The monoisotopic (exact) mass is 392 g/mol. The molecule has 0 atom stereocenters. The molecule has 0 fully saturated rings. The van der Waals surface area contributed by atoms with Crippen molar-refractivity contribution in [2.45, 2.75) is 13.5 Å². The molecular formula is C19H18F2N2O5. The molecule has 0 radical (unpaired) electrons. The third kappa shape index (κ3) is 6.67. The summed E-state index contributed by atoms with van der Waals surface area (Å²) in [5.41, 5.74) is 1.38. The summed E-state index contributed by atoms with van der Waals surface area (Å²) in [6.45, 7) is -2.25. The molecule has 2 rings (SSSR count). The van der Waals surface area contributed by atoms with Crippen LogP contribution in [0.4, 0.5) is 14.5 Å². The fourth-order valence-electron chi connectivity index (χ4n) is 2.11. The second-order valence-electron chi connectivity index (χ2n) is 5.63. The third-order valence-electron chi connectivity index (χ3n) is 3.45. The van der Waals surface area contributed by atoms with Crippen LogP contribution in [0.25, 0.3) is 0 Å². The van der Waals surface area contributed by atoms with E-state index in [1.165, 1.54) is 24.3 Å². The van der Waals surface area contributed by atoms with Crippen LogP contribution in [-0.4, -0.2) is 37.5 Å². The fourth-order valence-corrected chi connectivity index (χ4v) is 2.11. The lowest BCUT2D eigenvalue weighted by Gasteiger charge is -2.12. The van der Waals surface area contributed by atoms with Crippen LogP contribution in [0.1, 0.15) is 15.9 Å². The minimum Gasteiger partial charge on any atom is -0.454 e. The predicted octanol–water partition coefficient (Wildman–Crippen LogP) is 2.51. The van der Waals surface area contributed by atoms with Crippen LogP contribution in [0.2, 0.25) is 0 Å². The Kier molecular flexibility index (Phi) is 7.44. The lowest BCUT2D eigenvalue weighted by molar-refractivity contribution is -0.146. The van der Waals surface area contributed by atoms with Gasteiger partial charge in [0.25, 0.3) is 11.8 Å². The van der Waals surface area contributed by atoms with E-state index in [1.54, 1.807) is 24.3 Å². The number of nitrogens with one attached hydrogen (secondary N) is 2. The fraction of sp³-hybridized carbons (Fsp3) is 0.211. The molecule has 0 aromatic heterocycles. The van der Waals surface area contributed by atoms with Gasteiger partial charge in [-0.2, -0.15) is 8.78 Å². The van der Waals surface area contributed by atoms with Gasteiger partial charge < -0.3 is 20.1 Å². The summed E-state index contributed by atoms with van der Waals surface area (Å²) in [7, 11) is 0. The molecule has 2 aromatic carbocycles. The maximum absolute atomic E-state index is 12.3. The molecule has 7 nitrogen and oxygen atoms in total. The zero-order valence-corrected chi connectivity index (χ0v) is 14.9. The van der Waals surface area contributed by atoms with E-state index < -0.39 is 37.5 Å². The summed E-state index contributed by atoms with van der Waals surface area (Å²) in [5, 5.41) is 4.68. The van der Waals surface area contributed by atoms with Crippen molar-refractivity contribution in [3.8, 4) is 5.75 Å². The van der Waals surface area contributed by atoms with Gasteiger partial charge in [0.1, 0.15) is 12.3 Å². The second-order valence-corrected chi connectivity index (χ2v) is 5.63. The van der Waals surface area contributed by atoms with Crippen LogP contribution in [0.5, 0.6) is 5.75 Å². The molecule has 0 saturated carbocycles. The molecule has 0 spiro atoms. The Balaban J connectivity index is 1.77. The van der Waals surface area contributed by atoms with Crippen molar-refractivity contribution in [1.82, 2.24) is 5.32 Å². The Labute approximate surface area is 159 Å². The number of anilines is 1. The number of halogens is 2. The largest absolute Gasteiger partial charge is 0.454 e. The van der Waals surface area contributed by atoms with E-state index in [0.29, 0.717) is 5.56 Å². The predicted molar refractivity (Wildman–Crippen MR) is 96.2 cm³/mol. The Bertz CT molecular complexity index is 840. The molecule has 0 aliphatic heterocycles. The average molecular weight is 392 g/mol. The van der Waals surface area contributed by atoms with Crippen molar-refractivity contribution in [2.75, 3.05) is 18.5 Å². The van der Waals surface area contributed by atoms with E-state index in [2.05, 4.69) is 15.4 Å². The van der Waals surface area contributed by atoms with Gasteiger partial charge in [0.2, 0.25) is 0 Å². The van der Waals surface area contributed by atoms with E-state index in [0.717, 1.165) is 5.56 Å². The number of alkyl halides is 2. The number of para-hydroxylation sites is 2. The lowest BCUT2D eigenvalue weighted by atomic mass is 10.1. The SMILES string of the molecule is Cc1ccc(C(=O)NCC(=O)OCC(=O)Nc2ccccc2OC(F)F)cc1. The smallest absolute Gasteiger partial charge is 0.387 e. The standard InChI is InChI=1S/C19H18F2N2O5/c1-12-6-8-13(9-7-12)18(26)22-10-17(25)27-11-16(24)23-14-4-2-3-5-15(14)28-19(20)21/h2-9,19H,10-11H2,1H3,(H,22,26)(H,23,24). The summed E-state index contributed by atoms with van der Waals surface area (Å²) in [6, 6.07) is 12.3. The number of carbonyl (C=O) groups excluding carboxylic acids is 3. The van der Waals surface area contributed by atoms with Gasteiger partial charge in [-0.3, -0.25) is 14.4 Å². The van der Waals surface area contributed by atoms with Gasteiger partial charge in [-0.15, -0.1) is 0 Å². The van der Waals surface area contributed by atoms with Gasteiger partial charge in [0.05, 0.1) is 5.69 Å². The summed E-state index contributed by atoms with van der Waals surface area (Å²) in [6.07, 6.45) is 0. The summed E-state index contributed by atoms with van der Waals surface area (Å²) in [5.74, 6) is -2.25. The molecular weight excluding hydrogens is 374 g/mol. The van der Waals surface area contributed by atoms with Crippen molar-refractivity contribution in [1.29, 1.82) is 0 Å². The Morgan fingerprint density at radius 3 is 2.39 bits per heavy atom. The molecule has 0 aliphatic rings. The highest BCUT2D eigenvalue weighted by molar-refractivity contribution is 5.97. The zero-order valence-electron chi connectivity index (χ0n) is 14.9. The molecule has 0 saturated heterocycles. The molecule has 2 amide bonds. The van der Waals surface area contributed by atoms with Crippen molar-refractivity contribution in [3.63, 3.8) is 0 Å². The van der Waals surface area contributed by atoms with E-state index in [1.807, 2.05) is 6.92 Å². The highest BCUT2D eigenvalue weighted by Gasteiger charge is 2.14. The number of ether oxygens (including phenoxy) is 2.